The number of thiazole rings is 1. The number of halogens is 1. The molecule has 0 fully saturated rings. The Labute approximate surface area is 182 Å². The number of rotatable bonds is 6. The van der Waals surface area contributed by atoms with E-state index >= 15 is 0 Å². The number of ether oxygens (including phenoxy) is 1. The number of aromatic nitrogens is 3. The van der Waals surface area contributed by atoms with E-state index in [2.05, 4.69) is 15.4 Å². The van der Waals surface area contributed by atoms with Gasteiger partial charge in [-0.2, -0.15) is 4.98 Å². The summed E-state index contributed by atoms with van der Waals surface area (Å²) < 4.78 is 7.50. The molecule has 0 atom stereocenters. The van der Waals surface area contributed by atoms with Gasteiger partial charge in [-0.1, -0.05) is 53.3 Å². The zero-order valence-electron chi connectivity index (χ0n) is 16.4. The first kappa shape index (κ1) is 20.1. The summed E-state index contributed by atoms with van der Waals surface area (Å²) in [7, 11) is 0. The second-order valence-electron chi connectivity index (χ2n) is 6.65. The number of anilines is 1. The van der Waals surface area contributed by atoms with Crippen LogP contribution < -0.4 is 10.1 Å². The number of aryl methyl sites for hydroxylation is 2. The van der Waals surface area contributed by atoms with Crippen molar-refractivity contribution in [1.82, 2.24) is 14.6 Å². The third-order valence-corrected chi connectivity index (χ3v) is 5.96. The van der Waals surface area contributed by atoms with E-state index < -0.39 is 0 Å². The highest BCUT2D eigenvalue weighted by atomic mass is 35.5. The molecule has 0 aliphatic carbocycles. The minimum atomic E-state index is -0.290. The van der Waals surface area contributed by atoms with E-state index in [1.807, 2.05) is 62.4 Å². The Kier molecular flexibility index (Phi) is 5.83. The van der Waals surface area contributed by atoms with Crippen LogP contribution in [0.4, 0.5) is 5.95 Å². The number of carbonyl (C=O) groups excluding carboxylic acids is 1. The number of benzene rings is 2. The molecule has 152 valence electrons. The molecule has 0 bridgehead atoms. The van der Waals surface area contributed by atoms with Gasteiger partial charge in [-0.15, -0.1) is 5.10 Å². The van der Waals surface area contributed by atoms with E-state index in [4.69, 9.17) is 16.3 Å². The maximum Gasteiger partial charge on any atom is 0.250 e. The molecular formula is C22H19ClN4O2S. The Bertz CT molecular complexity index is 1230. The summed E-state index contributed by atoms with van der Waals surface area (Å²) >= 11 is 7.68. The molecule has 6 nitrogen and oxygen atoms in total. The van der Waals surface area contributed by atoms with Crippen LogP contribution in [0.25, 0.3) is 11.0 Å². The summed E-state index contributed by atoms with van der Waals surface area (Å²) in [5, 5.41) is 7.69. The number of hydrogen-bond donors (Lipinski definition) is 1. The van der Waals surface area contributed by atoms with Gasteiger partial charge in [-0.25, -0.2) is 4.52 Å². The number of carbonyl (C=O) groups is 1. The lowest BCUT2D eigenvalue weighted by Gasteiger charge is -2.07. The lowest BCUT2D eigenvalue weighted by molar-refractivity contribution is -0.111. The SMILES string of the molecule is Cc1sc2nc(NC(=O)/C=C/c3ccc(OCc4ccccc4Cl)cc3)nn2c1C. The average molecular weight is 439 g/mol. The van der Waals surface area contributed by atoms with E-state index in [9.17, 15) is 4.79 Å². The molecule has 0 radical (unpaired) electrons. The fraction of sp³-hybridized carbons (Fsp3) is 0.136. The summed E-state index contributed by atoms with van der Waals surface area (Å²) in [5.41, 5.74) is 2.83. The molecule has 0 saturated carbocycles. The maximum atomic E-state index is 12.2. The zero-order chi connectivity index (χ0) is 21.1. The number of nitrogens with zero attached hydrogens (tertiary/aromatic N) is 3. The second-order valence-corrected chi connectivity index (χ2v) is 8.23. The fourth-order valence-corrected chi connectivity index (χ4v) is 3.87. The average Bonchev–Trinajstić information content (AvgIpc) is 3.24. The van der Waals surface area contributed by atoms with Crippen molar-refractivity contribution in [3.05, 3.63) is 81.3 Å². The molecule has 0 saturated heterocycles. The van der Waals surface area contributed by atoms with Crippen LogP contribution in [0.2, 0.25) is 5.02 Å². The Morgan fingerprint density at radius 1 is 1.20 bits per heavy atom. The van der Waals surface area contributed by atoms with Gasteiger partial charge in [-0.3, -0.25) is 10.1 Å². The molecule has 2 heterocycles. The van der Waals surface area contributed by atoms with Crippen LogP contribution in [-0.2, 0) is 11.4 Å². The van der Waals surface area contributed by atoms with Gasteiger partial charge in [0.1, 0.15) is 12.4 Å². The van der Waals surface area contributed by atoms with Crippen LogP contribution in [0, 0.1) is 13.8 Å². The lowest BCUT2D eigenvalue weighted by Crippen LogP contribution is -2.09. The van der Waals surface area contributed by atoms with Gasteiger partial charge in [0.05, 0.1) is 5.69 Å². The van der Waals surface area contributed by atoms with Crippen LogP contribution in [0.3, 0.4) is 0 Å². The lowest BCUT2D eigenvalue weighted by atomic mass is 10.2. The van der Waals surface area contributed by atoms with Crippen molar-refractivity contribution in [3.63, 3.8) is 0 Å². The molecular weight excluding hydrogens is 420 g/mol. The quantitative estimate of drug-likeness (QED) is 0.415. The van der Waals surface area contributed by atoms with Crippen LogP contribution >= 0.6 is 22.9 Å². The van der Waals surface area contributed by atoms with Crippen LogP contribution in [0.15, 0.2) is 54.6 Å². The summed E-state index contributed by atoms with van der Waals surface area (Å²) in [5.74, 6) is 0.730. The number of amides is 1. The highest BCUT2D eigenvalue weighted by Gasteiger charge is 2.11. The standard InChI is InChI=1S/C22H19ClN4O2S/c1-14-15(2)30-22-25-21(26-27(14)22)24-20(28)12-9-16-7-10-18(11-8-16)29-13-17-5-3-4-6-19(17)23/h3-12H,13H2,1-2H3,(H,24,26,28)/b12-9+. The van der Waals surface area contributed by atoms with Crippen molar-refractivity contribution in [2.75, 3.05) is 5.32 Å². The number of nitrogens with one attached hydrogen (secondary N) is 1. The van der Waals surface area contributed by atoms with Crippen molar-refractivity contribution < 1.29 is 9.53 Å². The fourth-order valence-electron chi connectivity index (χ4n) is 2.77. The molecule has 8 heteroatoms. The molecule has 30 heavy (non-hydrogen) atoms. The van der Waals surface area contributed by atoms with Gasteiger partial charge in [0, 0.05) is 21.5 Å². The number of hydrogen-bond acceptors (Lipinski definition) is 5. The van der Waals surface area contributed by atoms with Gasteiger partial charge in [0.25, 0.3) is 11.9 Å². The highest BCUT2D eigenvalue weighted by molar-refractivity contribution is 7.17. The topological polar surface area (TPSA) is 68.5 Å². The van der Waals surface area contributed by atoms with Gasteiger partial charge in [0.2, 0.25) is 4.96 Å². The minimum Gasteiger partial charge on any atom is -0.489 e. The van der Waals surface area contributed by atoms with E-state index in [0.717, 1.165) is 32.4 Å². The second kappa shape index (κ2) is 8.69. The predicted molar refractivity (Wildman–Crippen MR) is 120 cm³/mol. The highest BCUT2D eigenvalue weighted by Crippen LogP contribution is 2.21. The Morgan fingerprint density at radius 2 is 1.97 bits per heavy atom. The van der Waals surface area contributed by atoms with E-state index in [0.29, 0.717) is 17.6 Å². The van der Waals surface area contributed by atoms with Crippen molar-refractivity contribution >= 4 is 45.8 Å². The first-order valence-corrected chi connectivity index (χ1v) is 10.5. The minimum absolute atomic E-state index is 0.290. The van der Waals surface area contributed by atoms with Gasteiger partial charge < -0.3 is 4.74 Å². The molecule has 4 rings (SSSR count). The molecule has 0 aliphatic heterocycles. The molecule has 0 aliphatic rings. The molecule has 2 aromatic heterocycles. The monoisotopic (exact) mass is 438 g/mol. The van der Waals surface area contributed by atoms with Gasteiger partial charge in [0.15, 0.2) is 0 Å². The normalized spacial score (nSPS) is 11.3. The molecule has 1 amide bonds. The number of fused-ring (bicyclic) bond motifs is 1. The summed E-state index contributed by atoms with van der Waals surface area (Å²) in [4.78, 5) is 18.4. The van der Waals surface area contributed by atoms with Crippen molar-refractivity contribution in [3.8, 4) is 5.75 Å². The maximum absolute atomic E-state index is 12.2. The van der Waals surface area contributed by atoms with Gasteiger partial charge >= 0.3 is 0 Å². The Morgan fingerprint density at radius 3 is 2.70 bits per heavy atom. The predicted octanol–water partition coefficient (Wildman–Crippen LogP) is 5.29. The third kappa shape index (κ3) is 4.53. The molecule has 4 aromatic rings. The van der Waals surface area contributed by atoms with Crippen molar-refractivity contribution in [2.45, 2.75) is 20.5 Å². The zero-order valence-corrected chi connectivity index (χ0v) is 18.0. The van der Waals surface area contributed by atoms with E-state index in [1.165, 1.54) is 6.08 Å². The van der Waals surface area contributed by atoms with Crippen LogP contribution in [-0.4, -0.2) is 20.5 Å². The molecule has 0 unspecified atom stereocenters. The first-order chi connectivity index (χ1) is 14.5. The Hall–Kier alpha value is -3.16. The summed E-state index contributed by atoms with van der Waals surface area (Å²) in [6, 6.07) is 15.0. The third-order valence-electron chi connectivity index (χ3n) is 4.54. The first-order valence-electron chi connectivity index (χ1n) is 9.28. The molecule has 2 aromatic carbocycles. The van der Waals surface area contributed by atoms with Crippen molar-refractivity contribution in [1.29, 1.82) is 0 Å². The molecule has 1 N–H and O–H groups in total. The van der Waals surface area contributed by atoms with Gasteiger partial charge in [-0.05, 0) is 43.7 Å². The van der Waals surface area contributed by atoms with Crippen LogP contribution in [0.1, 0.15) is 21.7 Å². The molecule has 0 spiro atoms. The Balaban J connectivity index is 1.33. The van der Waals surface area contributed by atoms with E-state index in [1.54, 1.807) is 21.9 Å². The van der Waals surface area contributed by atoms with Crippen LogP contribution in [0.5, 0.6) is 5.75 Å². The summed E-state index contributed by atoms with van der Waals surface area (Å²) in [6.45, 7) is 4.39. The smallest absolute Gasteiger partial charge is 0.250 e. The largest absolute Gasteiger partial charge is 0.489 e. The van der Waals surface area contributed by atoms with E-state index in [-0.39, 0.29) is 5.91 Å². The summed E-state index contributed by atoms with van der Waals surface area (Å²) in [6.07, 6.45) is 3.17. The van der Waals surface area contributed by atoms with Crippen molar-refractivity contribution in [2.24, 2.45) is 0 Å².